The van der Waals surface area contributed by atoms with Crippen molar-refractivity contribution in [3.8, 4) is 17.3 Å². The van der Waals surface area contributed by atoms with Gasteiger partial charge in [-0.25, -0.2) is 0 Å². The first-order chi connectivity index (χ1) is 9.29. The normalized spacial score (nSPS) is 10.3. The minimum Gasteiger partial charge on any atom is -0.321 e. The Hall–Kier alpha value is -3.00. The molecule has 0 aliphatic heterocycles. The topological polar surface area (TPSA) is 82.4 Å². The van der Waals surface area contributed by atoms with Gasteiger partial charge in [0.15, 0.2) is 0 Å². The lowest BCUT2D eigenvalue weighted by Gasteiger charge is -2.05. The molecule has 3 heterocycles. The Labute approximate surface area is 108 Å². The molecule has 0 saturated carbocycles. The fourth-order valence-electron chi connectivity index (χ4n) is 1.94. The highest BCUT2D eigenvalue weighted by Crippen LogP contribution is 2.24. The SMILES string of the molecule is N#Cc1cc2c(-c3cccnc3)nccc2[nH]c1=O. The van der Waals surface area contributed by atoms with E-state index < -0.39 is 5.56 Å². The smallest absolute Gasteiger partial charge is 0.266 e. The van der Waals surface area contributed by atoms with Gasteiger partial charge < -0.3 is 4.98 Å². The van der Waals surface area contributed by atoms with Crippen LogP contribution in [0.5, 0.6) is 0 Å². The van der Waals surface area contributed by atoms with E-state index in [0.717, 1.165) is 10.9 Å². The lowest BCUT2D eigenvalue weighted by Crippen LogP contribution is -2.09. The van der Waals surface area contributed by atoms with Crippen molar-refractivity contribution in [3.63, 3.8) is 0 Å². The van der Waals surface area contributed by atoms with Gasteiger partial charge in [-0.3, -0.25) is 14.8 Å². The van der Waals surface area contributed by atoms with Crippen LogP contribution in [0.4, 0.5) is 0 Å². The summed E-state index contributed by atoms with van der Waals surface area (Å²) in [7, 11) is 0. The van der Waals surface area contributed by atoms with E-state index >= 15 is 0 Å². The molecular formula is C14H8N4O. The zero-order chi connectivity index (χ0) is 13.2. The van der Waals surface area contributed by atoms with Gasteiger partial charge in [-0.2, -0.15) is 5.26 Å². The Morgan fingerprint density at radius 3 is 2.89 bits per heavy atom. The van der Waals surface area contributed by atoms with Crippen molar-refractivity contribution in [2.24, 2.45) is 0 Å². The summed E-state index contributed by atoms with van der Waals surface area (Å²) in [4.78, 5) is 22.6. The highest BCUT2D eigenvalue weighted by molar-refractivity contribution is 5.92. The molecule has 90 valence electrons. The van der Waals surface area contributed by atoms with Crippen LogP contribution in [0.25, 0.3) is 22.2 Å². The van der Waals surface area contributed by atoms with Crippen LogP contribution in [0.2, 0.25) is 0 Å². The average Bonchev–Trinajstić information content (AvgIpc) is 2.46. The first-order valence-corrected chi connectivity index (χ1v) is 5.62. The fourth-order valence-corrected chi connectivity index (χ4v) is 1.94. The molecule has 0 unspecified atom stereocenters. The summed E-state index contributed by atoms with van der Waals surface area (Å²) < 4.78 is 0. The molecule has 0 aliphatic rings. The monoisotopic (exact) mass is 248 g/mol. The first-order valence-electron chi connectivity index (χ1n) is 5.62. The average molecular weight is 248 g/mol. The molecule has 0 saturated heterocycles. The molecule has 0 aliphatic carbocycles. The van der Waals surface area contributed by atoms with Gasteiger partial charge in [-0.05, 0) is 24.3 Å². The van der Waals surface area contributed by atoms with Crippen LogP contribution < -0.4 is 5.56 Å². The zero-order valence-corrected chi connectivity index (χ0v) is 9.79. The maximum Gasteiger partial charge on any atom is 0.266 e. The van der Waals surface area contributed by atoms with Crippen LogP contribution in [0.3, 0.4) is 0 Å². The Bertz CT molecular complexity index is 847. The molecule has 3 aromatic heterocycles. The van der Waals surface area contributed by atoms with Gasteiger partial charge in [0.1, 0.15) is 11.6 Å². The lowest BCUT2D eigenvalue weighted by atomic mass is 10.1. The van der Waals surface area contributed by atoms with Crippen molar-refractivity contribution in [2.45, 2.75) is 0 Å². The van der Waals surface area contributed by atoms with E-state index in [-0.39, 0.29) is 5.56 Å². The largest absolute Gasteiger partial charge is 0.321 e. The van der Waals surface area contributed by atoms with E-state index in [0.29, 0.717) is 11.2 Å². The van der Waals surface area contributed by atoms with Crippen LogP contribution in [0.15, 0.2) is 47.7 Å². The summed E-state index contributed by atoms with van der Waals surface area (Å²) in [5.74, 6) is 0. The van der Waals surface area contributed by atoms with Crippen LogP contribution >= 0.6 is 0 Å². The Morgan fingerprint density at radius 1 is 1.26 bits per heavy atom. The van der Waals surface area contributed by atoms with Gasteiger partial charge in [0.05, 0.1) is 11.2 Å². The number of rotatable bonds is 1. The third kappa shape index (κ3) is 1.85. The van der Waals surface area contributed by atoms with Crippen molar-refractivity contribution < 1.29 is 0 Å². The first kappa shape index (κ1) is 11.1. The van der Waals surface area contributed by atoms with E-state index in [9.17, 15) is 4.79 Å². The summed E-state index contributed by atoms with van der Waals surface area (Å²) in [5.41, 5.74) is 1.87. The highest BCUT2D eigenvalue weighted by Gasteiger charge is 2.08. The van der Waals surface area contributed by atoms with Crippen LogP contribution in [0.1, 0.15) is 5.56 Å². The van der Waals surface area contributed by atoms with Crippen LogP contribution in [0, 0.1) is 11.3 Å². The number of nitrogens with zero attached hydrogens (tertiary/aromatic N) is 3. The number of aromatic amines is 1. The van der Waals surface area contributed by atoms with Crippen molar-refractivity contribution in [1.82, 2.24) is 15.0 Å². The molecule has 5 nitrogen and oxygen atoms in total. The number of hydrogen-bond donors (Lipinski definition) is 1. The Morgan fingerprint density at radius 2 is 2.16 bits per heavy atom. The summed E-state index contributed by atoms with van der Waals surface area (Å²) in [6.45, 7) is 0. The quantitative estimate of drug-likeness (QED) is 0.712. The lowest BCUT2D eigenvalue weighted by molar-refractivity contribution is 1.24. The van der Waals surface area contributed by atoms with Gasteiger partial charge in [0, 0.05) is 29.5 Å². The van der Waals surface area contributed by atoms with E-state index in [1.54, 1.807) is 30.7 Å². The number of aromatic nitrogens is 3. The van der Waals surface area contributed by atoms with Gasteiger partial charge in [-0.1, -0.05) is 0 Å². The molecule has 0 aromatic carbocycles. The molecule has 3 rings (SSSR count). The molecule has 19 heavy (non-hydrogen) atoms. The fraction of sp³-hybridized carbons (Fsp3) is 0. The molecular weight excluding hydrogens is 240 g/mol. The number of fused-ring (bicyclic) bond motifs is 1. The number of hydrogen-bond acceptors (Lipinski definition) is 4. The molecule has 0 bridgehead atoms. The van der Waals surface area contributed by atoms with Crippen LogP contribution in [-0.4, -0.2) is 15.0 Å². The second-order valence-electron chi connectivity index (χ2n) is 3.99. The second-order valence-corrected chi connectivity index (χ2v) is 3.99. The van der Waals surface area contributed by atoms with E-state index in [1.807, 2.05) is 18.2 Å². The summed E-state index contributed by atoms with van der Waals surface area (Å²) in [5, 5.41) is 9.66. The highest BCUT2D eigenvalue weighted by atomic mass is 16.1. The third-order valence-corrected chi connectivity index (χ3v) is 2.83. The van der Waals surface area contributed by atoms with Gasteiger partial charge in [-0.15, -0.1) is 0 Å². The predicted molar refractivity (Wildman–Crippen MR) is 70.3 cm³/mol. The summed E-state index contributed by atoms with van der Waals surface area (Å²) >= 11 is 0. The molecule has 5 heteroatoms. The summed E-state index contributed by atoms with van der Waals surface area (Å²) in [6, 6.07) is 8.84. The summed E-state index contributed by atoms with van der Waals surface area (Å²) in [6.07, 6.45) is 4.99. The zero-order valence-electron chi connectivity index (χ0n) is 9.79. The minimum absolute atomic E-state index is 0.0747. The Balaban J connectivity index is 2.38. The predicted octanol–water partition coefficient (Wildman–Crippen LogP) is 1.86. The molecule has 1 N–H and O–H groups in total. The van der Waals surface area contributed by atoms with Gasteiger partial charge in [0.2, 0.25) is 0 Å². The van der Waals surface area contributed by atoms with Gasteiger partial charge in [0.25, 0.3) is 5.56 Å². The van der Waals surface area contributed by atoms with Crippen molar-refractivity contribution in [1.29, 1.82) is 5.26 Å². The molecule has 0 radical (unpaired) electrons. The van der Waals surface area contributed by atoms with Crippen molar-refractivity contribution >= 4 is 10.9 Å². The third-order valence-electron chi connectivity index (χ3n) is 2.83. The van der Waals surface area contributed by atoms with Gasteiger partial charge >= 0.3 is 0 Å². The maximum absolute atomic E-state index is 11.6. The Kier molecular flexibility index (Phi) is 2.54. The molecule has 0 amide bonds. The minimum atomic E-state index is -0.390. The number of nitrogens with one attached hydrogen (secondary N) is 1. The second kappa shape index (κ2) is 4.35. The van der Waals surface area contributed by atoms with E-state index in [4.69, 9.17) is 5.26 Å². The number of pyridine rings is 3. The van der Waals surface area contributed by atoms with Crippen molar-refractivity contribution in [3.05, 3.63) is 58.8 Å². The molecule has 0 fully saturated rings. The van der Waals surface area contributed by atoms with Crippen LogP contribution in [-0.2, 0) is 0 Å². The van der Waals surface area contributed by atoms with Crippen molar-refractivity contribution in [2.75, 3.05) is 0 Å². The van der Waals surface area contributed by atoms with E-state index in [1.165, 1.54) is 0 Å². The maximum atomic E-state index is 11.6. The standard InChI is InChI=1S/C14H8N4O/c15-7-10-6-11-12(18-14(10)19)3-5-17-13(11)9-2-1-4-16-8-9/h1-6,8H,(H,18,19). The molecule has 0 atom stereocenters. The number of nitriles is 1. The molecule has 3 aromatic rings. The number of H-pyrrole nitrogens is 1. The van der Waals surface area contributed by atoms with E-state index in [2.05, 4.69) is 15.0 Å². The molecule has 0 spiro atoms.